The summed E-state index contributed by atoms with van der Waals surface area (Å²) in [5.74, 6) is -0.423. The summed E-state index contributed by atoms with van der Waals surface area (Å²) in [4.78, 5) is 14.5. The van der Waals surface area contributed by atoms with E-state index in [0.29, 0.717) is 50.6 Å². The fourth-order valence-electron chi connectivity index (χ4n) is 3.48. The number of hydrogen-bond donors (Lipinski definition) is 0. The molecule has 2 aliphatic rings. The van der Waals surface area contributed by atoms with Crippen molar-refractivity contribution in [2.75, 3.05) is 50.5 Å². The van der Waals surface area contributed by atoms with E-state index in [2.05, 4.69) is 0 Å². The van der Waals surface area contributed by atoms with Crippen LogP contribution >= 0.6 is 0 Å². The average Bonchev–Trinajstić information content (AvgIpc) is 3.07. The fourth-order valence-corrected chi connectivity index (χ4v) is 4.33. The van der Waals surface area contributed by atoms with Crippen molar-refractivity contribution in [3.63, 3.8) is 0 Å². The Balaban J connectivity index is 1.76. The number of nitrogens with zero attached hydrogens (tertiary/aromatic N) is 2. The molecule has 1 amide bonds. The number of sulfonamides is 1. The molecule has 9 heteroatoms. The van der Waals surface area contributed by atoms with Gasteiger partial charge in [0.25, 0.3) is 0 Å². The van der Waals surface area contributed by atoms with E-state index in [0.717, 1.165) is 16.1 Å². The highest BCUT2D eigenvalue weighted by Crippen LogP contribution is 2.33. The number of hydrogen-bond acceptors (Lipinski definition) is 6. The first-order chi connectivity index (χ1) is 12.7. The molecule has 150 valence electrons. The molecule has 8 nitrogen and oxygen atoms in total. The zero-order valence-corrected chi connectivity index (χ0v) is 16.8. The van der Waals surface area contributed by atoms with Crippen molar-refractivity contribution in [2.45, 2.75) is 25.6 Å². The highest BCUT2D eigenvalue weighted by atomic mass is 32.2. The lowest BCUT2D eigenvalue weighted by Crippen LogP contribution is -2.50. The monoisotopic (exact) mass is 398 g/mol. The number of benzene rings is 1. The fraction of sp³-hybridized carbons (Fsp3) is 0.611. The first-order valence-electron chi connectivity index (χ1n) is 8.92. The number of carbonyl (C=O) groups is 1. The summed E-state index contributed by atoms with van der Waals surface area (Å²) in [7, 11) is -2.19. The number of carbonyl (C=O) groups excluding carboxylic acids is 1. The number of ether oxygens (including phenoxy) is 3. The van der Waals surface area contributed by atoms with E-state index >= 15 is 0 Å². The van der Waals surface area contributed by atoms with Gasteiger partial charge in [-0.15, -0.1) is 0 Å². The molecule has 1 spiro atoms. The maximum absolute atomic E-state index is 12.8. The van der Waals surface area contributed by atoms with Crippen molar-refractivity contribution in [1.82, 2.24) is 4.90 Å². The lowest BCUT2D eigenvalue weighted by Gasteiger charge is -2.38. The predicted octanol–water partition coefficient (Wildman–Crippen LogP) is 1.14. The van der Waals surface area contributed by atoms with Gasteiger partial charge < -0.3 is 19.1 Å². The zero-order valence-electron chi connectivity index (χ0n) is 15.9. The number of rotatable bonds is 5. The van der Waals surface area contributed by atoms with Crippen LogP contribution in [0.15, 0.2) is 18.2 Å². The molecule has 27 heavy (non-hydrogen) atoms. The van der Waals surface area contributed by atoms with Gasteiger partial charge in [0.05, 0.1) is 32.3 Å². The van der Waals surface area contributed by atoms with Gasteiger partial charge in [0.1, 0.15) is 12.3 Å². The molecule has 0 aliphatic carbocycles. The first kappa shape index (κ1) is 19.9. The van der Waals surface area contributed by atoms with Gasteiger partial charge in [0.15, 0.2) is 5.79 Å². The van der Waals surface area contributed by atoms with Crippen molar-refractivity contribution in [2.24, 2.45) is 0 Å². The number of methoxy groups -OCH3 is 1. The van der Waals surface area contributed by atoms with Crippen LogP contribution in [0.4, 0.5) is 5.69 Å². The molecule has 0 N–H and O–H groups in total. The molecule has 1 aromatic carbocycles. The summed E-state index contributed by atoms with van der Waals surface area (Å²) in [5.41, 5.74) is 1.24. The molecule has 0 aromatic heterocycles. The Morgan fingerprint density at radius 1 is 1.26 bits per heavy atom. The highest BCUT2D eigenvalue weighted by molar-refractivity contribution is 7.92. The number of piperidine rings is 1. The minimum atomic E-state index is -3.67. The minimum absolute atomic E-state index is 0.253. The third kappa shape index (κ3) is 4.36. The van der Waals surface area contributed by atoms with E-state index < -0.39 is 15.8 Å². The van der Waals surface area contributed by atoms with Gasteiger partial charge in [-0.05, 0) is 24.6 Å². The lowest BCUT2D eigenvalue weighted by molar-refractivity contribution is -0.187. The van der Waals surface area contributed by atoms with Crippen LogP contribution in [0.5, 0.6) is 5.75 Å². The van der Waals surface area contributed by atoms with Crippen molar-refractivity contribution in [3.8, 4) is 5.75 Å². The Morgan fingerprint density at radius 3 is 2.44 bits per heavy atom. The predicted molar refractivity (Wildman–Crippen MR) is 100 cm³/mol. The Kier molecular flexibility index (Phi) is 5.64. The number of anilines is 1. The van der Waals surface area contributed by atoms with Gasteiger partial charge in [0, 0.05) is 25.9 Å². The summed E-state index contributed by atoms with van der Waals surface area (Å²) in [5, 5.41) is 0. The third-order valence-electron chi connectivity index (χ3n) is 4.97. The maximum Gasteiger partial charge on any atom is 0.243 e. The van der Waals surface area contributed by atoms with Gasteiger partial charge in [-0.3, -0.25) is 9.10 Å². The summed E-state index contributed by atoms with van der Waals surface area (Å²) in [6, 6.07) is 5.24. The van der Waals surface area contributed by atoms with Crippen molar-refractivity contribution >= 4 is 21.6 Å². The molecule has 0 bridgehead atoms. The van der Waals surface area contributed by atoms with Crippen LogP contribution in [0.25, 0.3) is 0 Å². The van der Waals surface area contributed by atoms with Crippen molar-refractivity contribution in [3.05, 3.63) is 23.8 Å². The Labute approximate surface area is 160 Å². The van der Waals surface area contributed by atoms with Gasteiger partial charge in [-0.25, -0.2) is 8.42 Å². The van der Waals surface area contributed by atoms with E-state index in [1.165, 1.54) is 7.11 Å². The van der Waals surface area contributed by atoms with Crippen LogP contribution < -0.4 is 9.04 Å². The van der Waals surface area contributed by atoms with E-state index in [1.807, 2.05) is 13.0 Å². The van der Waals surface area contributed by atoms with Gasteiger partial charge in [0.2, 0.25) is 15.9 Å². The minimum Gasteiger partial charge on any atom is -0.495 e. The Hall–Kier alpha value is -1.84. The smallest absolute Gasteiger partial charge is 0.243 e. The number of aryl methyl sites for hydroxylation is 1. The first-order valence-corrected chi connectivity index (χ1v) is 10.8. The topological polar surface area (TPSA) is 85.4 Å². The maximum atomic E-state index is 12.8. The third-order valence-corrected chi connectivity index (χ3v) is 6.10. The van der Waals surface area contributed by atoms with E-state index in [-0.39, 0.29) is 12.5 Å². The average molecular weight is 398 g/mol. The molecule has 0 saturated carbocycles. The molecule has 3 rings (SSSR count). The van der Waals surface area contributed by atoms with Gasteiger partial charge >= 0.3 is 0 Å². The zero-order chi connectivity index (χ0) is 19.7. The molecule has 0 atom stereocenters. The SMILES string of the molecule is COc1ccc(C)cc1N(CC(=O)N1CCC2(CC1)OCCO2)S(C)(=O)=O. The van der Waals surface area contributed by atoms with Crippen LogP contribution in [-0.4, -0.2) is 71.2 Å². The second-order valence-electron chi connectivity index (χ2n) is 6.93. The van der Waals surface area contributed by atoms with Gasteiger partial charge in [-0.2, -0.15) is 0 Å². The number of amides is 1. The molecule has 1 aromatic rings. The molecular formula is C18H26N2O6S. The largest absolute Gasteiger partial charge is 0.495 e. The standard InChI is InChI=1S/C18H26N2O6S/c1-14-4-5-16(24-2)15(12-14)20(27(3,22)23)13-17(21)19-8-6-18(7-9-19)25-10-11-26-18/h4-5,12H,6-11,13H2,1-3H3. The quantitative estimate of drug-likeness (QED) is 0.739. The van der Waals surface area contributed by atoms with Crippen LogP contribution in [0, 0.1) is 6.92 Å². The molecule has 2 aliphatic heterocycles. The summed E-state index contributed by atoms with van der Waals surface area (Å²) in [6.07, 6.45) is 2.27. The second-order valence-corrected chi connectivity index (χ2v) is 8.84. The van der Waals surface area contributed by atoms with Crippen LogP contribution in [0.2, 0.25) is 0 Å². The molecule has 0 unspecified atom stereocenters. The van der Waals surface area contributed by atoms with Crippen LogP contribution in [0.1, 0.15) is 18.4 Å². The van der Waals surface area contributed by atoms with E-state index in [1.54, 1.807) is 17.0 Å². The summed E-state index contributed by atoms with van der Waals surface area (Å²) >= 11 is 0. The van der Waals surface area contributed by atoms with Gasteiger partial charge in [-0.1, -0.05) is 6.07 Å². The Morgan fingerprint density at radius 2 is 1.89 bits per heavy atom. The Bertz CT molecular complexity index is 794. The van der Waals surface area contributed by atoms with E-state index in [4.69, 9.17) is 14.2 Å². The van der Waals surface area contributed by atoms with Crippen LogP contribution in [0.3, 0.4) is 0 Å². The number of likely N-dealkylation sites (tertiary alicyclic amines) is 1. The molecular weight excluding hydrogens is 372 g/mol. The highest BCUT2D eigenvalue weighted by Gasteiger charge is 2.41. The molecule has 2 fully saturated rings. The lowest BCUT2D eigenvalue weighted by atomic mass is 10.0. The second kappa shape index (κ2) is 7.65. The molecule has 2 saturated heterocycles. The van der Waals surface area contributed by atoms with Crippen LogP contribution in [-0.2, 0) is 24.3 Å². The van der Waals surface area contributed by atoms with E-state index in [9.17, 15) is 13.2 Å². The summed E-state index contributed by atoms with van der Waals surface area (Å²) < 4.78 is 42.5. The molecule has 0 radical (unpaired) electrons. The summed E-state index contributed by atoms with van der Waals surface area (Å²) in [6.45, 7) is 3.68. The molecule has 2 heterocycles. The van der Waals surface area contributed by atoms with Crippen molar-refractivity contribution < 1.29 is 27.4 Å². The normalized spacial score (nSPS) is 19.3. The van der Waals surface area contributed by atoms with Crippen molar-refractivity contribution in [1.29, 1.82) is 0 Å².